The molecule has 182 valence electrons. The maximum absolute atomic E-state index is 6.29. The molecular formula is C36H24BNO. The zero-order valence-corrected chi connectivity index (χ0v) is 21.3. The SMILES string of the molecule is [B]c1ccc(N(c2ccc(-c3ccccc3)cc2)c2ccc(-c3cccc4c3oc3ccccc34)cc2)cc1. The highest BCUT2D eigenvalue weighted by molar-refractivity contribution is 6.32. The van der Waals surface area contributed by atoms with Gasteiger partial charge in [-0.2, -0.15) is 0 Å². The molecule has 0 aliphatic rings. The Morgan fingerprint density at radius 1 is 0.436 bits per heavy atom. The largest absolute Gasteiger partial charge is 0.455 e. The summed E-state index contributed by atoms with van der Waals surface area (Å²) in [5.74, 6) is 0. The van der Waals surface area contributed by atoms with Crippen molar-refractivity contribution in [2.45, 2.75) is 0 Å². The van der Waals surface area contributed by atoms with E-state index in [-0.39, 0.29) is 0 Å². The number of benzene rings is 6. The van der Waals surface area contributed by atoms with Crippen molar-refractivity contribution < 1.29 is 4.42 Å². The maximum atomic E-state index is 6.29. The second kappa shape index (κ2) is 9.70. The summed E-state index contributed by atoms with van der Waals surface area (Å²) in [5.41, 5.74) is 10.3. The summed E-state index contributed by atoms with van der Waals surface area (Å²) in [6, 6.07) is 50.3. The average molecular weight is 497 g/mol. The molecular weight excluding hydrogens is 473 g/mol. The van der Waals surface area contributed by atoms with E-state index < -0.39 is 0 Å². The molecule has 7 rings (SSSR count). The minimum absolute atomic E-state index is 0.743. The number of anilines is 3. The molecule has 0 saturated carbocycles. The molecule has 0 aliphatic heterocycles. The molecule has 0 unspecified atom stereocenters. The second-order valence-corrected chi connectivity index (χ2v) is 9.67. The first-order valence-corrected chi connectivity index (χ1v) is 13.1. The van der Waals surface area contributed by atoms with Crippen molar-refractivity contribution in [1.29, 1.82) is 0 Å². The van der Waals surface area contributed by atoms with Crippen LogP contribution in [0.5, 0.6) is 0 Å². The Morgan fingerprint density at radius 3 is 1.67 bits per heavy atom. The van der Waals surface area contributed by atoms with E-state index in [9.17, 15) is 0 Å². The van der Waals surface area contributed by atoms with Gasteiger partial charge in [-0.15, -0.1) is 0 Å². The van der Waals surface area contributed by atoms with E-state index in [4.69, 9.17) is 12.3 Å². The van der Waals surface area contributed by atoms with Gasteiger partial charge in [-0.1, -0.05) is 109 Å². The average Bonchev–Trinajstić information content (AvgIpc) is 3.39. The van der Waals surface area contributed by atoms with Crippen molar-refractivity contribution >= 4 is 52.3 Å². The van der Waals surface area contributed by atoms with Crippen LogP contribution in [0.25, 0.3) is 44.2 Å². The van der Waals surface area contributed by atoms with Gasteiger partial charge in [0.1, 0.15) is 19.0 Å². The Labute approximate surface area is 229 Å². The third-order valence-electron chi connectivity index (χ3n) is 7.22. The Morgan fingerprint density at radius 2 is 0.974 bits per heavy atom. The summed E-state index contributed by atoms with van der Waals surface area (Å²) in [6.07, 6.45) is 0. The van der Waals surface area contributed by atoms with Crippen LogP contribution in [0.3, 0.4) is 0 Å². The molecule has 0 fully saturated rings. The lowest BCUT2D eigenvalue weighted by molar-refractivity contribution is 0.670. The van der Waals surface area contributed by atoms with E-state index in [1.54, 1.807) is 0 Å². The van der Waals surface area contributed by atoms with Crippen LogP contribution < -0.4 is 10.4 Å². The van der Waals surface area contributed by atoms with Gasteiger partial charge in [-0.25, -0.2) is 0 Å². The van der Waals surface area contributed by atoms with Crippen LogP contribution in [0, 0.1) is 0 Å². The van der Waals surface area contributed by atoms with Gasteiger partial charge in [-0.3, -0.25) is 0 Å². The molecule has 0 N–H and O–H groups in total. The first-order valence-electron chi connectivity index (χ1n) is 13.1. The van der Waals surface area contributed by atoms with E-state index in [1.165, 1.54) is 11.1 Å². The van der Waals surface area contributed by atoms with E-state index in [0.29, 0.717) is 0 Å². The zero-order chi connectivity index (χ0) is 26.2. The Bertz CT molecular complexity index is 1890. The fraction of sp³-hybridized carbons (Fsp3) is 0. The standard InChI is InChI=1S/C36H24BNO/c37-28-17-23-31(24-18-28)38(29-19-13-26(14-20-29)25-7-2-1-3-8-25)30-21-15-27(16-22-30)32-10-6-11-34-33-9-4-5-12-35(33)39-36(32)34/h1-24H. The molecule has 6 aromatic carbocycles. The predicted octanol–water partition coefficient (Wildman–Crippen LogP) is 9.18. The number of hydrogen-bond donors (Lipinski definition) is 0. The summed E-state index contributed by atoms with van der Waals surface area (Å²) in [5, 5.41) is 2.27. The van der Waals surface area contributed by atoms with Gasteiger partial charge in [0.25, 0.3) is 0 Å². The van der Waals surface area contributed by atoms with Crippen molar-refractivity contribution in [3.05, 3.63) is 146 Å². The number of hydrogen-bond acceptors (Lipinski definition) is 2. The minimum Gasteiger partial charge on any atom is -0.455 e. The van der Waals surface area contributed by atoms with Gasteiger partial charge < -0.3 is 9.32 Å². The van der Waals surface area contributed by atoms with Gasteiger partial charge in [-0.05, 0) is 59.2 Å². The lowest BCUT2D eigenvalue weighted by Crippen LogP contribution is -2.11. The van der Waals surface area contributed by atoms with E-state index in [0.717, 1.165) is 55.6 Å². The molecule has 0 atom stereocenters. The topological polar surface area (TPSA) is 16.4 Å². The Hall–Kier alpha value is -5.02. The third kappa shape index (κ3) is 4.28. The smallest absolute Gasteiger partial charge is 0.143 e. The Kier molecular flexibility index (Phi) is 5.75. The van der Waals surface area contributed by atoms with E-state index in [2.05, 4.69) is 120 Å². The summed E-state index contributed by atoms with van der Waals surface area (Å²) < 4.78 is 6.29. The van der Waals surface area contributed by atoms with E-state index in [1.807, 2.05) is 30.3 Å². The molecule has 0 spiro atoms. The first-order chi connectivity index (χ1) is 19.2. The predicted molar refractivity (Wildman–Crippen MR) is 165 cm³/mol. The zero-order valence-electron chi connectivity index (χ0n) is 21.3. The fourth-order valence-corrected chi connectivity index (χ4v) is 5.27. The van der Waals surface area contributed by atoms with Crippen molar-refractivity contribution in [2.24, 2.45) is 0 Å². The molecule has 0 bridgehead atoms. The molecule has 3 heteroatoms. The van der Waals surface area contributed by atoms with Gasteiger partial charge in [0, 0.05) is 33.4 Å². The second-order valence-electron chi connectivity index (χ2n) is 9.67. The van der Waals surface area contributed by atoms with E-state index >= 15 is 0 Å². The van der Waals surface area contributed by atoms with Crippen LogP contribution in [-0.4, -0.2) is 7.85 Å². The van der Waals surface area contributed by atoms with Crippen LogP contribution in [0.2, 0.25) is 0 Å². The molecule has 2 radical (unpaired) electrons. The summed E-state index contributed by atoms with van der Waals surface area (Å²) in [4.78, 5) is 2.25. The quantitative estimate of drug-likeness (QED) is 0.221. The fourth-order valence-electron chi connectivity index (χ4n) is 5.27. The van der Waals surface area contributed by atoms with Crippen LogP contribution in [0.1, 0.15) is 0 Å². The van der Waals surface area contributed by atoms with Crippen LogP contribution in [0.4, 0.5) is 17.1 Å². The Balaban J connectivity index is 1.29. The van der Waals surface area contributed by atoms with Crippen molar-refractivity contribution in [2.75, 3.05) is 4.90 Å². The maximum Gasteiger partial charge on any atom is 0.143 e. The first kappa shape index (κ1) is 23.1. The molecule has 1 aromatic heterocycles. The normalized spacial score (nSPS) is 11.2. The van der Waals surface area contributed by atoms with Gasteiger partial charge >= 0.3 is 0 Å². The van der Waals surface area contributed by atoms with Gasteiger partial charge in [0.2, 0.25) is 0 Å². The van der Waals surface area contributed by atoms with Crippen molar-refractivity contribution in [1.82, 2.24) is 0 Å². The number of para-hydroxylation sites is 2. The molecule has 39 heavy (non-hydrogen) atoms. The summed E-state index contributed by atoms with van der Waals surface area (Å²) in [6.45, 7) is 0. The van der Waals surface area contributed by atoms with Crippen molar-refractivity contribution in [3.63, 3.8) is 0 Å². The molecule has 0 amide bonds. The number of furan rings is 1. The molecule has 0 aliphatic carbocycles. The number of rotatable bonds is 5. The summed E-state index contributed by atoms with van der Waals surface area (Å²) >= 11 is 0. The van der Waals surface area contributed by atoms with Crippen LogP contribution >= 0.6 is 0 Å². The molecule has 2 nitrogen and oxygen atoms in total. The van der Waals surface area contributed by atoms with Crippen LogP contribution in [0.15, 0.2) is 150 Å². The molecule has 7 aromatic rings. The number of nitrogens with zero attached hydrogens (tertiary/aromatic N) is 1. The highest BCUT2D eigenvalue weighted by Crippen LogP contribution is 2.39. The monoisotopic (exact) mass is 497 g/mol. The lowest BCUT2D eigenvalue weighted by atomic mass is 9.96. The third-order valence-corrected chi connectivity index (χ3v) is 7.22. The number of fused-ring (bicyclic) bond motifs is 3. The minimum atomic E-state index is 0.743. The summed E-state index contributed by atoms with van der Waals surface area (Å²) in [7, 11) is 6.02. The molecule has 0 saturated heterocycles. The molecule has 1 heterocycles. The highest BCUT2D eigenvalue weighted by Gasteiger charge is 2.15. The van der Waals surface area contributed by atoms with Crippen molar-refractivity contribution in [3.8, 4) is 22.3 Å². The lowest BCUT2D eigenvalue weighted by Gasteiger charge is -2.26. The van der Waals surface area contributed by atoms with Gasteiger partial charge in [0.15, 0.2) is 0 Å². The van der Waals surface area contributed by atoms with Crippen LogP contribution in [-0.2, 0) is 0 Å². The highest BCUT2D eigenvalue weighted by atomic mass is 16.3. The van der Waals surface area contributed by atoms with Gasteiger partial charge in [0.05, 0.1) is 0 Å².